The third-order valence-electron chi connectivity index (χ3n) is 3.18. The minimum Gasteiger partial charge on any atom is -0.465 e. The van der Waals surface area contributed by atoms with Gasteiger partial charge in [0, 0.05) is 5.71 Å². The highest BCUT2D eigenvalue weighted by molar-refractivity contribution is 6.02. The second-order valence-corrected chi connectivity index (χ2v) is 4.48. The lowest BCUT2D eigenvalue weighted by Crippen LogP contribution is -2.55. The fraction of sp³-hybridized carbons (Fsp3) is 0.769. The zero-order chi connectivity index (χ0) is 14.6. The van der Waals surface area contributed by atoms with E-state index < -0.39 is 12.0 Å². The SMILES string of the molecule is CCOC(=O)C1C(C)=NC(C)N(C(=O)OCC)C1C. The summed E-state index contributed by atoms with van der Waals surface area (Å²) in [6.07, 6.45) is -0.784. The predicted octanol–water partition coefficient (Wildman–Crippen LogP) is 1.83. The number of amides is 1. The Bertz CT molecular complexity index is 381. The lowest BCUT2D eigenvalue weighted by Gasteiger charge is -2.39. The van der Waals surface area contributed by atoms with Gasteiger partial charge in [0.05, 0.1) is 19.3 Å². The smallest absolute Gasteiger partial charge is 0.411 e. The van der Waals surface area contributed by atoms with E-state index in [1.54, 1.807) is 27.7 Å². The van der Waals surface area contributed by atoms with Crippen molar-refractivity contribution in [1.29, 1.82) is 0 Å². The Morgan fingerprint density at radius 1 is 1.21 bits per heavy atom. The molecule has 1 heterocycles. The second kappa shape index (κ2) is 6.54. The minimum absolute atomic E-state index is 0.293. The predicted molar refractivity (Wildman–Crippen MR) is 71.0 cm³/mol. The number of carbonyl (C=O) groups is 2. The number of rotatable bonds is 3. The van der Waals surface area contributed by atoms with Gasteiger partial charge in [-0.15, -0.1) is 0 Å². The lowest BCUT2D eigenvalue weighted by atomic mass is 9.93. The van der Waals surface area contributed by atoms with Gasteiger partial charge in [-0.05, 0) is 34.6 Å². The highest BCUT2D eigenvalue weighted by atomic mass is 16.6. The van der Waals surface area contributed by atoms with Crippen LogP contribution in [0.15, 0.2) is 4.99 Å². The van der Waals surface area contributed by atoms with E-state index in [-0.39, 0.29) is 18.2 Å². The van der Waals surface area contributed by atoms with Crippen molar-refractivity contribution < 1.29 is 19.1 Å². The maximum absolute atomic E-state index is 12.0. The van der Waals surface area contributed by atoms with Gasteiger partial charge in [-0.1, -0.05) is 0 Å². The Morgan fingerprint density at radius 2 is 1.79 bits per heavy atom. The van der Waals surface area contributed by atoms with E-state index in [2.05, 4.69) is 4.99 Å². The molecule has 3 atom stereocenters. The van der Waals surface area contributed by atoms with Crippen molar-refractivity contribution in [1.82, 2.24) is 4.90 Å². The Hall–Kier alpha value is -1.59. The van der Waals surface area contributed by atoms with Crippen molar-refractivity contribution in [3.63, 3.8) is 0 Å². The molecule has 0 aliphatic carbocycles. The molecule has 0 aromatic rings. The summed E-state index contributed by atoms with van der Waals surface area (Å²) in [5.74, 6) is -0.877. The molecule has 0 aromatic heterocycles. The van der Waals surface area contributed by atoms with Crippen LogP contribution in [0.1, 0.15) is 34.6 Å². The molecular weight excluding hydrogens is 248 g/mol. The van der Waals surface area contributed by atoms with Crippen molar-refractivity contribution in [2.24, 2.45) is 10.9 Å². The third kappa shape index (κ3) is 3.24. The number of hydrogen-bond donors (Lipinski definition) is 0. The monoisotopic (exact) mass is 270 g/mol. The van der Waals surface area contributed by atoms with Gasteiger partial charge in [0.2, 0.25) is 0 Å². The van der Waals surface area contributed by atoms with Gasteiger partial charge < -0.3 is 9.47 Å². The molecular formula is C13H22N2O4. The number of nitrogens with zero attached hydrogens (tertiary/aromatic N) is 2. The second-order valence-electron chi connectivity index (χ2n) is 4.48. The Kier molecular flexibility index (Phi) is 5.32. The van der Waals surface area contributed by atoms with Crippen molar-refractivity contribution in [2.45, 2.75) is 46.8 Å². The molecule has 0 fully saturated rings. The summed E-state index contributed by atoms with van der Waals surface area (Å²) >= 11 is 0. The lowest BCUT2D eigenvalue weighted by molar-refractivity contribution is -0.147. The molecule has 1 rings (SSSR count). The standard InChI is InChI=1S/C13H22N2O4/c1-6-18-12(16)11-8(3)14-10(5)15(9(11)4)13(17)19-7-2/h9-11H,6-7H2,1-5H3. The molecule has 6 nitrogen and oxygen atoms in total. The van der Waals surface area contributed by atoms with Crippen molar-refractivity contribution in [3.05, 3.63) is 0 Å². The Balaban J connectivity index is 2.99. The van der Waals surface area contributed by atoms with Crippen molar-refractivity contribution >= 4 is 17.8 Å². The largest absolute Gasteiger partial charge is 0.465 e. The van der Waals surface area contributed by atoms with E-state index in [4.69, 9.17) is 9.47 Å². The summed E-state index contributed by atoms with van der Waals surface area (Å²) in [7, 11) is 0. The average Bonchev–Trinajstić information content (AvgIpc) is 2.28. The molecule has 0 saturated heterocycles. The highest BCUT2D eigenvalue weighted by Gasteiger charge is 2.41. The number of esters is 1. The Morgan fingerprint density at radius 3 is 2.32 bits per heavy atom. The van der Waals surface area contributed by atoms with Gasteiger partial charge in [0.1, 0.15) is 12.1 Å². The van der Waals surface area contributed by atoms with Gasteiger partial charge in [-0.2, -0.15) is 0 Å². The Labute approximate surface area is 113 Å². The average molecular weight is 270 g/mol. The van der Waals surface area contributed by atoms with Gasteiger partial charge in [-0.3, -0.25) is 14.7 Å². The zero-order valence-corrected chi connectivity index (χ0v) is 12.2. The molecule has 3 unspecified atom stereocenters. The molecule has 1 aliphatic heterocycles. The fourth-order valence-corrected chi connectivity index (χ4v) is 2.40. The van der Waals surface area contributed by atoms with Crippen LogP contribution >= 0.6 is 0 Å². The van der Waals surface area contributed by atoms with Crippen LogP contribution in [0.3, 0.4) is 0 Å². The van der Waals surface area contributed by atoms with Gasteiger partial charge in [0.25, 0.3) is 0 Å². The molecule has 0 spiro atoms. The van der Waals surface area contributed by atoms with Gasteiger partial charge in [-0.25, -0.2) is 4.79 Å². The van der Waals surface area contributed by atoms with Crippen LogP contribution in [0.25, 0.3) is 0 Å². The van der Waals surface area contributed by atoms with Crippen LogP contribution in [0.5, 0.6) is 0 Å². The molecule has 1 amide bonds. The van der Waals surface area contributed by atoms with Crippen LogP contribution in [0, 0.1) is 5.92 Å². The molecule has 0 saturated carbocycles. The van der Waals surface area contributed by atoms with Crippen LogP contribution in [-0.2, 0) is 14.3 Å². The molecule has 0 N–H and O–H groups in total. The summed E-state index contributed by atoms with van der Waals surface area (Å²) in [5.41, 5.74) is 0.694. The van der Waals surface area contributed by atoms with Gasteiger partial charge >= 0.3 is 12.1 Å². The number of ether oxygens (including phenoxy) is 2. The van der Waals surface area contributed by atoms with E-state index in [0.717, 1.165) is 0 Å². The molecule has 0 radical (unpaired) electrons. The molecule has 1 aliphatic rings. The van der Waals surface area contributed by atoms with E-state index in [1.165, 1.54) is 4.90 Å². The summed E-state index contributed by atoms with van der Waals surface area (Å²) in [5, 5.41) is 0. The van der Waals surface area contributed by atoms with Crippen LogP contribution in [0.4, 0.5) is 4.79 Å². The summed E-state index contributed by atoms with van der Waals surface area (Å²) in [4.78, 5) is 29.7. The minimum atomic E-state index is -0.527. The third-order valence-corrected chi connectivity index (χ3v) is 3.18. The fourth-order valence-electron chi connectivity index (χ4n) is 2.40. The topological polar surface area (TPSA) is 68.2 Å². The summed E-state index contributed by atoms with van der Waals surface area (Å²) in [6.45, 7) is 9.51. The number of aliphatic imine (C=N–C) groups is 1. The maximum Gasteiger partial charge on any atom is 0.411 e. The number of hydrogen-bond acceptors (Lipinski definition) is 5. The normalized spacial score (nSPS) is 26.7. The highest BCUT2D eigenvalue weighted by Crippen LogP contribution is 2.25. The first-order chi connectivity index (χ1) is 8.93. The first-order valence-corrected chi connectivity index (χ1v) is 6.60. The molecule has 19 heavy (non-hydrogen) atoms. The molecule has 0 aromatic carbocycles. The van der Waals surface area contributed by atoms with Crippen LogP contribution in [-0.4, -0.2) is 48.1 Å². The molecule has 0 bridgehead atoms. The quantitative estimate of drug-likeness (QED) is 0.734. The van der Waals surface area contributed by atoms with E-state index in [0.29, 0.717) is 18.9 Å². The maximum atomic E-state index is 12.0. The van der Waals surface area contributed by atoms with Crippen molar-refractivity contribution in [3.8, 4) is 0 Å². The zero-order valence-electron chi connectivity index (χ0n) is 12.2. The first-order valence-electron chi connectivity index (χ1n) is 6.60. The molecule has 6 heteroatoms. The summed E-state index contributed by atoms with van der Waals surface area (Å²) in [6, 6.07) is -0.328. The van der Waals surface area contributed by atoms with Crippen LogP contribution in [0.2, 0.25) is 0 Å². The van der Waals surface area contributed by atoms with Crippen LogP contribution < -0.4 is 0 Å². The summed E-state index contributed by atoms with van der Waals surface area (Å²) < 4.78 is 10.1. The van der Waals surface area contributed by atoms with E-state index in [9.17, 15) is 9.59 Å². The first kappa shape index (κ1) is 15.5. The molecule has 108 valence electrons. The van der Waals surface area contributed by atoms with Gasteiger partial charge in [0.15, 0.2) is 0 Å². The number of carbonyl (C=O) groups excluding carboxylic acids is 2. The van der Waals surface area contributed by atoms with Crippen molar-refractivity contribution in [2.75, 3.05) is 13.2 Å². The van der Waals surface area contributed by atoms with E-state index >= 15 is 0 Å². The van der Waals surface area contributed by atoms with E-state index in [1.807, 2.05) is 6.92 Å².